The van der Waals surface area contributed by atoms with Gasteiger partial charge in [0.05, 0.1) is 0 Å². The van der Waals surface area contributed by atoms with E-state index in [4.69, 9.17) is 0 Å². The third-order valence-electron chi connectivity index (χ3n) is 6.79. The number of rotatable bonds is 1. The molecule has 0 aromatic rings. The van der Waals surface area contributed by atoms with E-state index in [2.05, 4.69) is 0 Å². The van der Waals surface area contributed by atoms with Crippen molar-refractivity contribution in [2.75, 3.05) is 0 Å². The third-order valence-corrected chi connectivity index (χ3v) is 6.79. The second-order valence-corrected chi connectivity index (χ2v) is 7.61. The van der Waals surface area contributed by atoms with Gasteiger partial charge in [-0.25, -0.2) is 0 Å². The van der Waals surface area contributed by atoms with Crippen molar-refractivity contribution in [1.82, 2.24) is 0 Å². The molecule has 4 rings (SSSR count). The Labute approximate surface area is 107 Å². The van der Waals surface area contributed by atoms with Crippen molar-refractivity contribution < 1.29 is 0 Å². The molecule has 0 aliphatic heterocycles. The van der Waals surface area contributed by atoms with E-state index in [1.807, 2.05) is 5.92 Å². The summed E-state index contributed by atoms with van der Waals surface area (Å²) in [4.78, 5) is 0. The van der Waals surface area contributed by atoms with Crippen molar-refractivity contribution in [3.63, 3.8) is 0 Å². The molecule has 0 saturated heterocycles. The monoisotopic (exact) mass is 231 g/mol. The van der Waals surface area contributed by atoms with E-state index in [0.717, 1.165) is 23.2 Å². The van der Waals surface area contributed by atoms with Crippen LogP contribution in [-0.4, -0.2) is 0 Å². The molecule has 0 amide bonds. The Morgan fingerprint density at radius 1 is 0.824 bits per heavy atom. The molecule has 0 heteroatoms. The zero-order valence-electron chi connectivity index (χ0n) is 11.2. The predicted octanol–water partition coefficient (Wildman–Crippen LogP) is 5.13. The Morgan fingerprint density at radius 2 is 1.76 bits per heavy atom. The van der Waals surface area contributed by atoms with Gasteiger partial charge in [0.15, 0.2) is 0 Å². The first-order chi connectivity index (χ1) is 8.36. The molecule has 0 aromatic carbocycles. The molecule has 4 aliphatic carbocycles. The lowest BCUT2D eigenvalue weighted by molar-refractivity contribution is 0.0719. The fraction of sp³-hybridized carbons (Fsp3) is 0.941. The number of fused-ring (bicyclic) bond motifs is 4. The lowest BCUT2D eigenvalue weighted by atomic mass is 9.55. The summed E-state index contributed by atoms with van der Waals surface area (Å²) in [5.74, 6) is 5.34. The first-order valence-electron chi connectivity index (χ1n) is 8.20. The summed E-state index contributed by atoms with van der Waals surface area (Å²) in [6.07, 6.45) is 18.8. The molecule has 4 bridgehead atoms. The van der Waals surface area contributed by atoms with Gasteiger partial charge in [0, 0.05) is 0 Å². The molecule has 0 spiro atoms. The van der Waals surface area contributed by atoms with Crippen molar-refractivity contribution in [3.05, 3.63) is 5.92 Å². The quantitative estimate of drug-likeness (QED) is 0.587. The van der Waals surface area contributed by atoms with Gasteiger partial charge >= 0.3 is 0 Å². The van der Waals surface area contributed by atoms with Crippen LogP contribution in [0.1, 0.15) is 77.0 Å². The highest BCUT2D eigenvalue weighted by molar-refractivity contribution is 5.12. The van der Waals surface area contributed by atoms with Gasteiger partial charge in [-0.2, -0.15) is 0 Å². The van der Waals surface area contributed by atoms with Crippen LogP contribution < -0.4 is 0 Å². The van der Waals surface area contributed by atoms with Gasteiger partial charge in [-0.3, -0.25) is 0 Å². The molecule has 4 atom stereocenters. The van der Waals surface area contributed by atoms with Crippen LogP contribution in [0.4, 0.5) is 0 Å². The predicted molar refractivity (Wildman–Crippen MR) is 71.6 cm³/mol. The minimum absolute atomic E-state index is 0.820. The Morgan fingerprint density at radius 3 is 2.76 bits per heavy atom. The molecule has 0 heterocycles. The fourth-order valence-corrected chi connectivity index (χ4v) is 6.08. The molecular formula is C17H27. The van der Waals surface area contributed by atoms with Gasteiger partial charge in [-0.1, -0.05) is 32.1 Å². The molecule has 4 unspecified atom stereocenters. The summed E-state index contributed by atoms with van der Waals surface area (Å²) < 4.78 is 0. The van der Waals surface area contributed by atoms with E-state index in [1.165, 1.54) is 19.3 Å². The molecule has 1 radical (unpaired) electrons. The van der Waals surface area contributed by atoms with Crippen LogP contribution in [0.5, 0.6) is 0 Å². The number of hydrogen-bond donors (Lipinski definition) is 0. The van der Waals surface area contributed by atoms with Crippen molar-refractivity contribution in [3.8, 4) is 0 Å². The van der Waals surface area contributed by atoms with E-state index in [0.29, 0.717) is 0 Å². The largest absolute Gasteiger partial charge is 0.0525 e. The molecule has 0 nitrogen and oxygen atoms in total. The van der Waals surface area contributed by atoms with E-state index < -0.39 is 0 Å². The van der Waals surface area contributed by atoms with Gasteiger partial charge < -0.3 is 0 Å². The summed E-state index contributed by atoms with van der Waals surface area (Å²) in [6, 6.07) is 0. The van der Waals surface area contributed by atoms with Crippen molar-refractivity contribution in [1.29, 1.82) is 0 Å². The second kappa shape index (κ2) is 4.00. The molecule has 4 fully saturated rings. The highest BCUT2D eigenvalue weighted by Gasteiger charge is 2.51. The molecule has 4 saturated carbocycles. The number of hydrogen-bond acceptors (Lipinski definition) is 0. The Balaban J connectivity index is 1.57. The highest BCUT2D eigenvalue weighted by Crippen LogP contribution is 2.62. The molecule has 0 N–H and O–H groups in total. The molecule has 17 heavy (non-hydrogen) atoms. The average molecular weight is 231 g/mol. The van der Waals surface area contributed by atoms with E-state index in [-0.39, 0.29) is 0 Å². The van der Waals surface area contributed by atoms with E-state index >= 15 is 0 Å². The SMILES string of the molecule is C1C[C]2CC(C1)CCC2C12CCCC(CC1)C2. The van der Waals surface area contributed by atoms with Gasteiger partial charge in [0.2, 0.25) is 0 Å². The maximum Gasteiger partial charge on any atom is -0.0202 e. The van der Waals surface area contributed by atoms with Crippen LogP contribution in [0.2, 0.25) is 0 Å². The van der Waals surface area contributed by atoms with Crippen LogP contribution in [0.25, 0.3) is 0 Å². The summed E-state index contributed by atoms with van der Waals surface area (Å²) in [7, 11) is 0. The van der Waals surface area contributed by atoms with Crippen LogP contribution in [-0.2, 0) is 0 Å². The summed E-state index contributed by atoms with van der Waals surface area (Å²) in [5, 5.41) is 0. The normalized spacial score (nSPS) is 50.5. The van der Waals surface area contributed by atoms with Crippen molar-refractivity contribution in [2.24, 2.45) is 23.2 Å². The maximum atomic E-state index is 2.04. The third kappa shape index (κ3) is 1.70. The van der Waals surface area contributed by atoms with Crippen molar-refractivity contribution >= 4 is 0 Å². The topological polar surface area (TPSA) is 0 Å². The zero-order valence-corrected chi connectivity index (χ0v) is 11.2. The van der Waals surface area contributed by atoms with Crippen LogP contribution in [0.15, 0.2) is 0 Å². The Bertz CT molecular complexity index is 290. The zero-order chi connectivity index (χ0) is 11.3. The lowest BCUT2D eigenvalue weighted by Crippen LogP contribution is -2.39. The minimum Gasteiger partial charge on any atom is -0.0525 e. The fourth-order valence-electron chi connectivity index (χ4n) is 6.08. The summed E-state index contributed by atoms with van der Waals surface area (Å²) in [6.45, 7) is 0. The van der Waals surface area contributed by atoms with Crippen molar-refractivity contribution in [2.45, 2.75) is 77.0 Å². The van der Waals surface area contributed by atoms with E-state index in [1.54, 1.807) is 57.8 Å². The second-order valence-electron chi connectivity index (χ2n) is 7.61. The molecule has 95 valence electrons. The molecule has 0 aromatic heterocycles. The first kappa shape index (κ1) is 10.9. The van der Waals surface area contributed by atoms with Crippen LogP contribution in [0, 0.1) is 29.1 Å². The Hall–Kier alpha value is 0. The first-order valence-corrected chi connectivity index (χ1v) is 8.20. The van der Waals surface area contributed by atoms with Gasteiger partial charge in [0.25, 0.3) is 0 Å². The minimum atomic E-state index is 0.820. The molecule has 4 aliphatic rings. The van der Waals surface area contributed by atoms with Gasteiger partial charge in [0.1, 0.15) is 0 Å². The summed E-state index contributed by atoms with van der Waals surface area (Å²) in [5.41, 5.74) is 0.820. The van der Waals surface area contributed by atoms with Gasteiger partial charge in [-0.05, 0) is 74.0 Å². The lowest BCUT2D eigenvalue weighted by Gasteiger charge is -2.50. The van der Waals surface area contributed by atoms with Crippen LogP contribution in [0.3, 0.4) is 0 Å². The Kier molecular flexibility index (Phi) is 2.56. The maximum absolute atomic E-state index is 2.04. The van der Waals surface area contributed by atoms with Crippen LogP contribution >= 0.6 is 0 Å². The highest BCUT2D eigenvalue weighted by atomic mass is 14.6. The molecular weight excluding hydrogens is 204 g/mol. The van der Waals surface area contributed by atoms with Gasteiger partial charge in [-0.15, -0.1) is 0 Å². The smallest absolute Gasteiger partial charge is 0.0202 e. The summed E-state index contributed by atoms with van der Waals surface area (Å²) >= 11 is 0. The average Bonchev–Trinajstić information content (AvgIpc) is 2.66. The standard InChI is InChI=1S/C17H27/c1-3-13-6-7-16(15(5-1)11-13)17-9-2-4-14(12-17)8-10-17/h13-14,16H,1-12H2. The van der Waals surface area contributed by atoms with E-state index in [9.17, 15) is 0 Å².